The van der Waals surface area contributed by atoms with E-state index in [1.54, 1.807) is 0 Å². The average molecular weight is 661 g/mol. The van der Waals surface area contributed by atoms with Crippen LogP contribution >= 0.6 is 21.6 Å². The lowest BCUT2D eigenvalue weighted by Crippen LogP contribution is -2.22. The summed E-state index contributed by atoms with van der Waals surface area (Å²) in [5.41, 5.74) is 6.00. The Hall–Kier alpha value is -4.02. The third-order valence-electron chi connectivity index (χ3n) is 7.37. The zero-order valence-electron chi connectivity index (χ0n) is 26.1. The van der Waals surface area contributed by atoms with Gasteiger partial charge in [0.15, 0.2) is 0 Å². The van der Waals surface area contributed by atoms with Crippen molar-refractivity contribution < 1.29 is 29.3 Å². The Balaban J connectivity index is 1.22. The summed E-state index contributed by atoms with van der Waals surface area (Å²) in [6.45, 7) is 5.16. The van der Waals surface area contributed by atoms with Gasteiger partial charge in [0, 0.05) is 36.6 Å². The quantitative estimate of drug-likeness (QED) is 0.103. The maximum Gasteiger partial charge on any atom is 0.317 e. The van der Waals surface area contributed by atoms with E-state index < -0.39 is 22.4 Å². The zero-order chi connectivity index (χ0) is 32.7. The molecule has 0 amide bonds. The summed E-state index contributed by atoms with van der Waals surface area (Å²) < 4.78 is 11.7. The average Bonchev–Trinajstić information content (AvgIpc) is 3.07. The second kappa shape index (κ2) is 18.2. The molecule has 0 fully saturated rings. The molecule has 2 aromatic carbocycles. The minimum atomic E-state index is -0.985. The smallest absolute Gasteiger partial charge is 0.317 e. The second-order valence-corrected chi connectivity index (χ2v) is 13.4. The molecule has 0 aliphatic rings. The van der Waals surface area contributed by atoms with Crippen LogP contribution in [0.1, 0.15) is 47.5 Å². The number of rotatable bonds is 19. The number of hydrogen-bond acceptors (Lipinski definition) is 8. The fourth-order valence-electron chi connectivity index (χ4n) is 4.50. The maximum atomic E-state index is 12.0. The van der Waals surface area contributed by atoms with Crippen molar-refractivity contribution in [2.75, 3.05) is 13.2 Å². The largest absolute Gasteiger partial charge is 0.493 e. The number of ether oxygens (including phenoxy) is 2. The van der Waals surface area contributed by atoms with Crippen LogP contribution < -0.4 is 9.47 Å². The first-order chi connectivity index (χ1) is 22.3. The fourth-order valence-corrected chi connectivity index (χ4v) is 7.16. The lowest BCUT2D eigenvalue weighted by molar-refractivity contribution is -0.137. The fraction of sp³-hybridized carbons (Fsp3) is 0.333. The summed E-state index contributed by atoms with van der Waals surface area (Å²) in [5, 5.41) is 18.1. The summed E-state index contributed by atoms with van der Waals surface area (Å²) in [5.74, 6) is -0.573. The van der Waals surface area contributed by atoms with E-state index in [-0.39, 0.29) is 12.8 Å². The van der Waals surface area contributed by atoms with Gasteiger partial charge in [-0.1, -0.05) is 71.8 Å². The van der Waals surface area contributed by atoms with E-state index in [0.29, 0.717) is 37.6 Å². The summed E-state index contributed by atoms with van der Waals surface area (Å²) in [6.07, 6.45) is 7.59. The first-order valence-corrected chi connectivity index (χ1v) is 17.7. The van der Waals surface area contributed by atoms with Gasteiger partial charge in [-0.25, -0.2) is 0 Å². The first-order valence-electron chi connectivity index (χ1n) is 15.4. The number of carboxylic acid groups (broad SMARTS) is 2. The highest BCUT2D eigenvalue weighted by Crippen LogP contribution is 2.35. The van der Waals surface area contributed by atoms with E-state index in [4.69, 9.17) is 9.47 Å². The van der Waals surface area contributed by atoms with Crippen LogP contribution in [0.15, 0.2) is 85.2 Å². The molecular weight excluding hydrogens is 621 g/mol. The summed E-state index contributed by atoms with van der Waals surface area (Å²) in [4.78, 5) is 33.0. The van der Waals surface area contributed by atoms with Crippen LogP contribution in [0.4, 0.5) is 0 Å². The third kappa shape index (κ3) is 11.4. The van der Waals surface area contributed by atoms with Crippen LogP contribution in [-0.2, 0) is 48.1 Å². The molecule has 46 heavy (non-hydrogen) atoms. The van der Waals surface area contributed by atoms with Gasteiger partial charge < -0.3 is 19.7 Å². The lowest BCUT2D eigenvalue weighted by Gasteiger charge is -2.16. The molecule has 0 bridgehead atoms. The molecule has 0 saturated carbocycles. The minimum absolute atomic E-state index is 0.262. The van der Waals surface area contributed by atoms with Gasteiger partial charge in [0.25, 0.3) is 0 Å². The monoisotopic (exact) mass is 660 g/mol. The van der Waals surface area contributed by atoms with E-state index in [9.17, 15) is 19.8 Å². The SMILES string of the molecule is CCc1ccc(CCOc2ccc(C[C@@H](SS[C@H](Cc3ccc(OCCc4ccc(CC)cn4)cc3)C(=O)O)C(=O)O)cc2)nc1. The van der Waals surface area contributed by atoms with Crippen molar-refractivity contribution in [3.8, 4) is 11.5 Å². The molecule has 0 radical (unpaired) electrons. The van der Waals surface area contributed by atoms with Gasteiger partial charge in [-0.3, -0.25) is 19.6 Å². The van der Waals surface area contributed by atoms with Crippen LogP contribution in [0.25, 0.3) is 0 Å². The Bertz CT molecular complexity index is 1400. The number of nitrogens with zero attached hydrogens (tertiary/aromatic N) is 2. The molecular formula is C36H40N2O6S2. The van der Waals surface area contributed by atoms with E-state index in [1.807, 2.05) is 73.1 Å². The van der Waals surface area contributed by atoms with Gasteiger partial charge in [-0.15, -0.1) is 0 Å². The number of carbonyl (C=O) groups is 2. The van der Waals surface area contributed by atoms with Crippen LogP contribution in [0.3, 0.4) is 0 Å². The van der Waals surface area contributed by atoms with Crippen LogP contribution in [0.5, 0.6) is 11.5 Å². The van der Waals surface area contributed by atoms with Gasteiger partial charge >= 0.3 is 11.9 Å². The summed E-state index contributed by atoms with van der Waals surface area (Å²) >= 11 is 0. The van der Waals surface area contributed by atoms with E-state index in [2.05, 4.69) is 35.9 Å². The van der Waals surface area contributed by atoms with Crippen molar-refractivity contribution in [2.24, 2.45) is 0 Å². The molecule has 0 aliphatic carbocycles. The number of hydrogen-bond donors (Lipinski definition) is 2. The highest BCUT2D eigenvalue weighted by molar-refractivity contribution is 8.77. The molecule has 0 spiro atoms. The standard InChI is InChI=1S/C36H40N2O6S2/c1-3-25-5-11-29(37-23-25)17-19-43-31-13-7-27(8-14-31)21-33(35(39)40)45-46-34(36(41)42)22-28-9-15-32(16-10-28)44-20-18-30-12-6-26(4-2)24-38-30/h5-16,23-24,33-34H,3-4,17-22H2,1-2H3,(H,39,40)(H,41,42)/t33-,34-/m1/s1. The highest BCUT2D eigenvalue weighted by Gasteiger charge is 2.25. The van der Waals surface area contributed by atoms with E-state index in [1.165, 1.54) is 11.1 Å². The predicted molar refractivity (Wildman–Crippen MR) is 184 cm³/mol. The lowest BCUT2D eigenvalue weighted by atomic mass is 10.1. The van der Waals surface area contributed by atoms with Gasteiger partial charge in [-0.05, 0) is 84.3 Å². The molecule has 2 N–H and O–H groups in total. The second-order valence-electron chi connectivity index (χ2n) is 10.8. The van der Waals surface area contributed by atoms with Crippen LogP contribution in [0, 0.1) is 0 Å². The van der Waals surface area contributed by atoms with Crippen LogP contribution in [-0.4, -0.2) is 55.8 Å². The molecule has 4 rings (SSSR count). The van der Waals surface area contributed by atoms with Crippen molar-refractivity contribution >= 4 is 33.5 Å². The Morgan fingerprint density at radius 1 is 0.609 bits per heavy atom. The number of aromatic nitrogens is 2. The Morgan fingerprint density at radius 3 is 1.28 bits per heavy atom. The molecule has 0 aliphatic heterocycles. The summed E-state index contributed by atoms with van der Waals surface area (Å²) in [7, 11) is 2.16. The van der Waals surface area contributed by atoms with Crippen molar-refractivity contribution in [1.82, 2.24) is 9.97 Å². The number of pyridine rings is 2. The van der Waals surface area contributed by atoms with E-state index in [0.717, 1.165) is 56.9 Å². The normalized spacial score (nSPS) is 12.3. The van der Waals surface area contributed by atoms with Gasteiger partial charge in [0.2, 0.25) is 0 Å². The van der Waals surface area contributed by atoms with Crippen molar-refractivity contribution in [2.45, 2.75) is 62.9 Å². The maximum absolute atomic E-state index is 12.0. The molecule has 0 saturated heterocycles. The van der Waals surface area contributed by atoms with Crippen molar-refractivity contribution in [1.29, 1.82) is 0 Å². The van der Waals surface area contributed by atoms with Gasteiger partial charge in [0.05, 0.1) is 13.2 Å². The molecule has 2 heterocycles. The molecule has 10 heteroatoms. The van der Waals surface area contributed by atoms with Crippen molar-refractivity contribution in [3.63, 3.8) is 0 Å². The topological polar surface area (TPSA) is 119 Å². The third-order valence-corrected chi connectivity index (χ3v) is 10.4. The number of aryl methyl sites for hydroxylation is 2. The number of carboxylic acids is 2. The van der Waals surface area contributed by atoms with Gasteiger partial charge in [-0.2, -0.15) is 0 Å². The Morgan fingerprint density at radius 2 is 0.978 bits per heavy atom. The molecule has 8 nitrogen and oxygen atoms in total. The number of aliphatic carboxylic acids is 2. The molecule has 0 unspecified atom stereocenters. The molecule has 242 valence electrons. The summed E-state index contributed by atoms with van der Waals surface area (Å²) in [6, 6.07) is 22.9. The Labute approximate surface area is 278 Å². The van der Waals surface area contributed by atoms with Crippen LogP contribution in [0.2, 0.25) is 0 Å². The van der Waals surface area contributed by atoms with Gasteiger partial charge in [0.1, 0.15) is 22.0 Å². The predicted octanol–water partition coefficient (Wildman–Crippen LogP) is 6.92. The molecule has 2 atom stereocenters. The Kier molecular flexibility index (Phi) is 13.8. The first kappa shape index (κ1) is 34.8. The molecule has 2 aromatic heterocycles. The zero-order valence-corrected chi connectivity index (χ0v) is 27.8. The molecule has 4 aromatic rings. The minimum Gasteiger partial charge on any atom is -0.493 e. The van der Waals surface area contributed by atoms with E-state index >= 15 is 0 Å². The number of benzene rings is 2. The van der Waals surface area contributed by atoms with Crippen molar-refractivity contribution in [3.05, 3.63) is 119 Å². The highest BCUT2D eigenvalue weighted by atomic mass is 33.1.